The van der Waals surface area contributed by atoms with Crippen molar-refractivity contribution in [2.24, 2.45) is 0 Å². The van der Waals surface area contributed by atoms with Gasteiger partial charge >= 0.3 is 0 Å². The molecule has 1 atom stereocenters. The molecule has 0 aromatic carbocycles. The molecular weight excluding hydrogens is 203 g/mol. The van der Waals surface area contributed by atoms with Gasteiger partial charge in [-0.2, -0.15) is 5.06 Å². The van der Waals surface area contributed by atoms with Crippen molar-refractivity contribution in [3.63, 3.8) is 0 Å². The molecule has 0 spiro atoms. The van der Waals surface area contributed by atoms with Crippen molar-refractivity contribution in [3.05, 3.63) is 5.73 Å². The van der Waals surface area contributed by atoms with E-state index in [1.54, 1.807) is 0 Å². The van der Waals surface area contributed by atoms with Crippen molar-refractivity contribution in [3.8, 4) is 0 Å². The maximum absolute atomic E-state index is 9.65. The normalized spacial score (nSPS) is 14.5. The van der Waals surface area contributed by atoms with Crippen LogP contribution < -0.4 is 0 Å². The van der Waals surface area contributed by atoms with Crippen LogP contribution in [0.3, 0.4) is 0 Å². The summed E-state index contributed by atoms with van der Waals surface area (Å²) < 4.78 is 0. The van der Waals surface area contributed by atoms with Crippen LogP contribution in [0.15, 0.2) is 0 Å². The minimum Gasteiger partial charge on any atom is -0.675 e. The van der Waals surface area contributed by atoms with Gasteiger partial charge in [-0.05, 0) is 34.1 Å². The summed E-state index contributed by atoms with van der Waals surface area (Å²) in [6, 6.07) is -0.0212. The zero-order chi connectivity index (χ0) is 9.94. The van der Waals surface area contributed by atoms with E-state index in [4.69, 9.17) is 5.73 Å². The Labute approximate surface area is 93.5 Å². The monoisotopic (exact) mass is 224 g/mol. The number of rotatable bonds is 4. The second-order valence-corrected chi connectivity index (χ2v) is 4.36. The van der Waals surface area contributed by atoms with E-state index in [2.05, 4.69) is 0 Å². The SMILES string of the molecule is CC([NH-])CC(C)(C)N(O)C(C)C.[V]. The molecule has 0 saturated carbocycles. The van der Waals surface area contributed by atoms with E-state index in [0.717, 1.165) is 0 Å². The number of hydroxylamine groups is 2. The molecular formula is C9H21N2OV-. The zero-order valence-corrected chi connectivity index (χ0v) is 10.6. The Hall–Kier alpha value is 0.464. The van der Waals surface area contributed by atoms with E-state index in [9.17, 15) is 5.21 Å². The van der Waals surface area contributed by atoms with Crippen LogP contribution in [0.1, 0.15) is 41.0 Å². The molecule has 0 aliphatic heterocycles. The molecule has 3 nitrogen and oxygen atoms in total. The second kappa shape index (κ2) is 6.04. The first-order valence-electron chi connectivity index (χ1n) is 4.46. The van der Waals surface area contributed by atoms with Gasteiger partial charge in [0.1, 0.15) is 0 Å². The van der Waals surface area contributed by atoms with Gasteiger partial charge in [0.25, 0.3) is 0 Å². The Morgan fingerprint density at radius 3 is 1.92 bits per heavy atom. The van der Waals surface area contributed by atoms with Crippen molar-refractivity contribution < 1.29 is 23.8 Å². The van der Waals surface area contributed by atoms with Crippen LogP contribution in [0, 0.1) is 0 Å². The van der Waals surface area contributed by atoms with Crippen molar-refractivity contribution >= 4 is 0 Å². The third kappa shape index (κ3) is 5.71. The number of hydrogen-bond acceptors (Lipinski definition) is 2. The fraction of sp³-hybridized carbons (Fsp3) is 1.00. The fourth-order valence-corrected chi connectivity index (χ4v) is 1.54. The van der Waals surface area contributed by atoms with Crippen LogP contribution in [0.25, 0.3) is 5.73 Å². The summed E-state index contributed by atoms with van der Waals surface area (Å²) in [6.07, 6.45) is 0.682. The van der Waals surface area contributed by atoms with E-state index in [1.807, 2.05) is 34.6 Å². The molecule has 79 valence electrons. The Morgan fingerprint density at radius 2 is 1.69 bits per heavy atom. The minimum absolute atomic E-state index is 0. The molecule has 0 bridgehead atoms. The minimum atomic E-state index is -0.296. The molecule has 4 heteroatoms. The molecule has 13 heavy (non-hydrogen) atoms. The van der Waals surface area contributed by atoms with Crippen LogP contribution in [-0.4, -0.2) is 27.9 Å². The molecule has 0 heterocycles. The average Bonchev–Trinajstić information content (AvgIpc) is 1.82. The fourth-order valence-electron chi connectivity index (χ4n) is 1.54. The molecule has 1 radical (unpaired) electrons. The first-order valence-corrected chi connectivity index (χ1v) is 4.46. The summed E-state index contributed by atoms with van der Waals surface area (Å²) in [4.78, 5) is 0. The predicted octanol–water partition coefficient (Wildman–Crippen LogP) is 2.69. The van der Waals surface area contributed by atoms with Crippen LogP contribution in [0.5, 0.6) is 0 Å². The van der Waals surface area contributed by atoms with E-state index >= 15 is 0 Å². The van der Waals surface area contributed by atoms with Crippen LogP contribution >= 0.6 is 0 Å². The zero-order valence-electron chi connectivity index (χ0n) is 9.20. The number of nitrogens with zero attached hydrogens (tertiary/aromatic N) is 1. The first-order chi connectivity index (χ1) is 5.27. The Kier molecular flexibility index (Phi) is 7.40. The van der Waals surface area contributed by atoms with Crippen molar-refractivity contribution in [2.75, 3.05) is 0 Å². The molecule has 0 rings (SSSR count). The van der Waals surface area contributed by atoms with Crippen LogP contribution in [0.4, 0.5) is 0 Å². The number of hydrogen-bond donors (Lipinski definition) is 1. The molecule has 0 aromatic rings. The summed E-state index contributed by atoms with van der Waals surface area (Å²) in [7, 11) is 0. The van der Waals surface area contributed by atoms with E-state index in [1.165, 1.54) is 5.06 Å². The maximum atomic E-state index is 9.65. The van der Waals surface area contributed by atoms with Crippen molar-refractivity contribution in [1.29, 1.82) is 0 Å². The first kappa shape index (κ1) is 15.9. The Morgan fingerprint density at radius 1 is 1.31 bits per heavy atom. The van der Waals surface area contributed by atoms with Gasteiger partial charge in [-0.1, -0.05) is 6.92 Å². The van der Waals surface area contributed by atoms with Gasteiger partial charge in [0.05, 0.1) is 0 Å². The topological polar surface area (TPSA) is 47.3 Å². The Balaban J connectivity index is 0. The predicted molar refractivity (Wildman–Crippen MR) is 51.2 cm³/mol. The molecule has 0 fully saturated rings. The maximum Gasteiger partial charge on any atom is 0.0393 e. The van der Waals surface area contributed by atoms with Gasteiger partial charge in [-0.3, -0.25) is 0 Å². The quantitative estimate of drug-likeness (QED) is 0.746. The third-order valence-corrected chi connectivity index (χ3v) is 1.92. The molecule has 0 aliphatic carbocycles. The summed E-state index contributed by atoms with van der Waals surface area (Å²) >= 11 is 0. The van der Waals surface area contributed by atoms with Gasteiger partial charge in [0, 0.05) is 30.1 Å². The summed E-state index contributed by atoms with van der Waals surface area (Å²) in [5, 5.41) is 11.0. The largest absolute Gasteiger partial charge is 0.675 e. The molecule has 1 unspecified atom stereocenters. The van der Waals surface area contributed by atoms with E-state index in [-0.39, 0.29) is 36.2 Å². The molecule has 0 amide bonds. The molecule has 0 saturated heterocycles. The Bertz CT molecular complexity index is 138. The van der Waals surface area contributed by atoms with Crippen LogP contribution in [-0.2, 0) is 18.6 Å². The van der Waals surface area contributed by atoms with Gasteiger partial charge < -0.3 is 10.9 Å². The van der Waals surface area contributed by atoms with E-state index in [0.29, 0.717) is 6.42 Å². The van der Waals surface area contributed by atoms with E-state index < -0.39 is 0 Å². The summed E-state index contributed by atoms with van der Waals surface area (Å²) in [5.41, 5.74) is 7.13. The summed E-state index contributed by atoms with van der Waals surface area (Å²) in [6.45, 7) is 9.64. The molecule has 0 aromatic heterocycles. The second-order valence-electron chi connectivity index (χ2n) is 4.36. The van der Waals surface area contributed by atoms with Crippen LogP contribution in [0.2, 0.25) is 0 Å². The van der Waals surface area contributed by atoms with Crippen molar-refractivity contribution in [1.82, 2.24) is 5.06 Å². The number of nitrogens with one attached hydrogen (secondary N) is 1. The molecule has 2 N–H and O–H groups in total. The molecule has 0 aliphatic rings. The average molecular weight is 224 g/mol. The van der Waals surface area contributed by atoms with Gasteiger partial charge in [-0.15, -0.1) is 6.04 Å². The third-order valence-electron chi connectivity index (χ3n) is 1.92. The smallest absolute Gasteiger partial charge is 0.0393 e. The summed E-state index contributed by atoms with van der Waals surface area (Å²) in [5.74, 6) is 0. The standard InChI is InChI=1S/C9H21N2O.V/c1-7(2)11(12)9(4,5)6-8(3)10;/h7-8,10,12H,6H2,1-5H3;/q-1;. The van der Waals surface area contributed by atoms with Crippen molar-refractivity contribution in [2.45, 2.75) is 58.7 Å². The van der Waals surface area contributed by atoms with Gasteiger partial charge in [-0.25, -0.2) is 0 Å². The van der Waals surface area contributed by atoms with Gasteiger partial charge in [0.15, 0.2) is 0 Å². The van der Waals surface area contributed by atoms with Gasteiger partial charge in [0.2, 0.25) is 0 Å².